The lowest BCUT2D eigenvalue weighted by Gasteiger charge is -2.26. The number of carbonyl (C=O) groups is 2. The fourth-order valence-electron chi connectivity index (χ4n) is 3.37. The molecule has 1 aliphatic heterocycles. The molecular formula is C22H19ClN2O3. The number of benzene rings is 2. The van der Waals surface area contributed by atoms with Crippen LogP contribution in [0.5, 0.6) is 0 Å². The average Bonchev–Trinajstić information content (AvgIpc) is 3.11. The van der Waals surface area contributed by atoms with Crippen LogP contribution in [0, 0.1) is 0 Å². The van der Waals surface area contributed by atoms with Crippen LogP contribution in [0.4, 0.5) is 5.69 Å². The van der Waals surface area contributed by atoms with Crippen molar-refractivity contribution < 1.29 is 14.0 Å². The summed E-state index contributed by atoms with van der Waals surface area (Å²) in [5.74, 6) is 1.48. The van der Waals surface area contributed by atoms with E-state index in [1.165, 1.54) is 6.92 Å². The maximum atomic E-state index is 12.8. The number of carbonyl (C=O) groups excluding carboxylic acids is 2. The van der Waals surface area contributed by atoms with Crippen LogP contribution in [0.15, 0.2) is 59.0 Å². The van der Waals surface area contributed by atoms with E-state index in [2.05, 4.69) is 5.32 Å². The topological polar surface area (TPSA) is 62.6 Å². The number of hydrogen-bond acceptors (Lipinski definition) is 3. The Morgan fingerprint density at radius 3 is 2.57 bits per heavy atom. The highest BCUT2D eigenvalue weighted by Crippen LogP contribution is 2.31. The zero-order valence-corrected chi connectivity index (χ0v) is 16.1. The minimum Gasteiger partial charge on any atom is -0.461 e. The van der Waals surface area contributed by atoms with Crippen LogP contribution in [0.25, 0.3) is 11.3 Å². The second-order valence-corrected chi connectivity index (χ2v) is 7.18. The molecule has 5 nitrogen and oxygen atoms in total. The van der Waals surface area contributed by atoms with Crippen LogP contribution in [0.3, 0.4) is 0 Å². The van der Waals surface area contributed by atoms with Gasteiger partial charge >= 0.3 is 0 Å². The van der Waals surface area contributed by atoms with E-state index < -0.39 is 0 Å². The second kappa shape index (κ2) is 7.52. The number of fused-ring (bicyclic) bond motifs is 1. The lowest BCUT2D eigenvalue weighted by molar-refractivity contribution is -0.114. The van der Waals surface area contributed by atoms with Crippen molar-refractivity contribution in [2.75, 3.05) is 11.9 Å². The zero-order valence-electron chi connectivity index (χ0n) is 15.4. The van der Waals surface area contributed by atoms with Crippen molar-refractivity contribution in [2.45, 2.75) is 19.9 Å². The SMILES string of the molecule is CC(=O)Nc1ccc(-c2cc3c(o2)CCN(C(=O)c2ccccc2Cl)C3)cc1. The van der Waals surface area contributed by atoms with Gasteiger partial charge in [0.1, 0.15) is 11.5 Å². The molecule has 0 spiro atoms. The highest BCUT2D eigenvalue weighted by atomic mass is 35.5. The van der Waals surface area contributed by atoms with Crippen LogP contribution < -0.4 is 5.32 Å². The minimum atomic E-state index is -0.107. The number of nitrogens with zero attached hydrogens (tertiary/aromatic N) is 1. The Kier molecular flexibility index (Phi) is 4.92. The third-order valence-corrected chi connectivity index (χ3v) is 5.08. The molecule has 0 bridgehead atoms. The highest BCUT2D eigenvalue weighted by Gasteiger charge is 2.26. The molecule has 0 aliphatic carbocycles. The van der Waals surface area contributed by atoms with E-state index in [9.17, 15) is 9.59 Å². The molecule has 2 amide bonds. The number of nitrogens with one attached hydrogen (secondary N) is 1. The maximum Gasteiger partial charge on any atom is 0.255 e. The van der Waals surface area contributed by atoms with Gasteiger partial charge in [-0.2, -0.15) is 0 Å². The molecule has 1 N–H and O–H groups in total. The number of halogens is 1. The molecule has 3 aromatic rings. The molecule has 2 heterocycles. The van der Waals surface area contributed by atoms with Crippen LogP contribution in [-0.2, 0) is 17.8 Å². The smallest absolute Gasteiger partial charge is 0.255 e. The van der Waals surface area contributed by atoms with Gasteiger partial charge in [-0.25, -0.2) is 0 Å². The highest BCUT2D eigenvalue weighted by molar-refractivity contribution is 6.33. The first-order valence-electron chi connectivity index (χ1n) is 9.04. The molecule has 142 valence electrons. The minimum absolute atomic E-state index is 0.0707. The van der Waals surface area contributed by atoms with Crippen molar-refractivity contribution in [3.63, 3.8) is 0 Å². The molecular weight excluding hydrogens is 376 g/mol. The number of amides is 2. The standard InChI is InChI=1S/C22H19ClN2O3/c1-14(26)24-17-8-6-15(7-9-17)21-12-16-13-25(11-10-20(16)28-21)22(27)18-4-2-3-5-19(18)23/h2-9,12H,10-11,13H2,1H3,(H,24,26). The molecule has 4 rings (SSSR count). The van der Waals surface area contributed by atoms with E-state index in [0.29, 0.717) is 30.1 Å². The largest absolute Gasteiger partial charge is 0.461 e. The summed E-state index contributed by atoms with van der Waals surface area (Å²) in [4.78, 5) is 25.7. The summed E-state index contributed by atoms with van der Waals surface area (Å²) in [5.41, 5.74) is 3.19. The van der Waals surface area contributed by atoms with Gasteiger partial charge in [0.2, 0.25) is 5.91 Å². The molecule has 6 heteroatoms. The first-order valence-corrected chi connectivity index (χ1v) is 9.42. The Bertz CT molecular complexity index is 1040. The molecule has 28 heavy (non-hydrogen) atoms. The van der Waals surface area contributed by atoms with Crippen LogP contribution in [0.1, 0.15) is 28.6 Å². The van der Waals surface area contributed by atoms with E-state index in [4.69, 9.17) is 16.0 Å². The van der Waals surface area contributed by atoms with Crippen LogP contribution in [-0.4, -0.2) is 23.3 Å². The van der Waals surface area contributed by atoms with E-state index in [0.717, 1.165) is 28.3 Å². The van der Waals surface area contributed by atoms with Crippen LogP contribution >= 0.6 is 11.6 Å². The normalized spacial score (nSPS) is 13.1. The van der Waals surface area contributed by atoms with Crippen molar-refractivity contribution in [1.82, 2.24) is 4.90 Å². The summed E-state index contributed by atoms with van der Waals surface area (Å²) in [7, 11) is 0. The molecule has 0 atom stereocenters. The van der Waals surface area contributed by atoms with Gasteiger partial charge in [-0.3, -0.25) is 9.59 Å². The van der Waals surface area contributed by atoms with Gasteiger partial charge in [-0.05, 0) is 42.5 Å². The monoisotopic (exact) mass is 394 g/mol. The number of rotatable bonds is 3. The van der Waals surface area contributed by atoms with Gasteiger partial charge in [0, 0.05) is 43.2 Å². The molecule has 1 aromatic heterocycles. The van der Waals surface area contributed by atoms with Gasteiger partial charge in [-0.1, -0.05) is 23.7 Å². The van der Waals surface area contributed by atoms with E-state index in [1.54, 1.807) is 17.0 Å². The molecule has 0 saturated carbocycles. The van der Waals surface area contributed by atoms with E-state index in [-0.39, 0.29) is 11.8 Å². The first kappa shape index (κ1) is 18.3. The van der Waals surface area contributed by atoms with Crippen molar-refractivity contribution in [1.29, 1.82) is 0 Å². The Morgan fingerprint density at radius 1 is 1.11 bits per heavy atom. The Hall–Kier alpha value is -3.05. The third-order valence-electron chi connectivity index (χ3n) is 4.75. The summed E-state index contributed by atoms with van der Waals surface area (Å²) in [6.45, 7) is 2.56. The average molecular weight is 395 g/mol. The fourth-order valence-corrected chi connectivity index (χ4v) is 3.59. The molecule has 1 aliphatic rings. The Labute approximate surface area is 167 Å². The second-order valence-electron chi connectivity index (χ2n) is 6.77. The van der Waals surface area contributed by atoms with Crippen molar-refractivity contribution >= 4 is 29.1 Å². The van der Waals surface area contributed by atoms with Crippen molar-refractivity contribution in [3.05, 3.63) is 76.5 Å². The van der Waals surface area contributed by atoms with Gasteiger partial charge in [-0.15, -0.1) is 0 Å². The summed E-state index contributed by atoms with van der Waals surface area (Å²) < 4.78 is 6.02. The maximum absolute atomic E-state index is 12.8. The molecule has 0 saturated heterocycles. The number of anilines is 1. The third kappa shape index (κ3) is 3.66. The van der Waals surface area contributed by atoms with Gasteiger partial charge in [0.05, 0.1) is 10.6 Å². The van der Waals surface area contributed by atoms with E-state index >= 15 is 0 Å². The first-order chi connectivity index (χ1) is 13.5. The summed E-state index contributed by atoms with van der Waals surface area (Å²) in [5, 5.41) is 3.21. The van der Waals surface area contributed by atoms with Gasteiger partial charge in [0.25, 0.3) is 5.91 Å². The Morgan fingerprint density at radius 2 is 1.86 bits per heavy atom. The lowest BCUT2D eigenvalue weighted by atomic mass is 10.1. The molecule has 0 radical (unpaired) electrons. The van der Waals surface area contributed by atoms with Crippen LogP contribution in [0.2, 0.25) is 5.02 Å². The number of hydrogen-bond donors (Lipinski definition) is 1. The van der Waals surface area contributed by atoms with E-state index in [1.807, 2.05) is 42.5 Å². The lowest BCUT2D eigenvalue weighted by Crippen LogP contribution is -2.35. The predicted octanol–water partition coefficient (Wildman–Crippen LogP) is 4.76. The predicted molar refractivity (Wildman–Crippen MR) is 108 cm³/mol. The quantitative estimate of drug-likeness (QED) is 0.696. The summed E-state index contributed by atoms with van der Waals surface area (Å²) in [6.07, 6.45) is 0.662. The molecule has 2 aromatic carbocycles. The summed E-state index contributed by atoms with van der Waals surface area (Å²) >= 11 is 6.17. The van der Waals surface area contributed by atoms with Crippen molar-refractivity contribution in [3.8, 4) is 11.3 Å². The van der Waals surface area contributed by atoms with Crippen molar-refractivity contribution in [2.24, 2.45) is 0 Å². The molecule has 0 unspecified atom stereocenters. The molecule has 0 fully saturated rings. The zero-order chi connectivity index (χ0) is 19.7. The summed E-state index contributed by atoms with van der Waals surface area (Å²) in [6, 6.07) is 16.6. The van der Waals surface area contributed by atoms with Gasteiger partial charge < -0.3 is 14.6 Å². The Balaban J connectivity index is 1.53. The number of furan rings is 1. The fraction of sp³-hybridized carbons (Fsp3) is 0.182. The van der Waals surface area contributed by atoms with Gasteiger partial charge in [0.15, 0.2) is 0 Å².